The summed E-state index contributed by atoms with van der Waals surface area (Å²) in [5.41, 5.74) is 7.32. The van der Waals surface area contributed by atoms with Gasteiger partial charge in [-0.3, -0.25) is 14.5 Å². The van der Waals surface area contributed by atoms with Crippen LogP contribution in [-0.4, -0.2) is 60.0 Å². The van der Waals surface area contributed by atoms with E-state index in [-0.39, 0.29) is 24.0 Å². The lowest BCUT2D eigenvalue weighted by Crippen LogP contribution is -2.64. The SMILES string of the molecule is Cc1cccc(C(=O)N2CCCN(C(=O)Nc3ccc(Cl)c(Cl)c3)C2C(=O)NCCN)c1. The van der Waals surface area contributed by atoms with Crippen LogP contribution >= 0.6 is 23.2 Å². The molecule has 1 fully saturated rings. The molecule has 3 rings (SSSR count). The van der Waals surface area contributed by atoms with Crippen LogP contribution in [0.4, 0.5) is 10.5 Å². The van der Waals surface area contributed by atoms with Crippen LogP contribution in [-0.2, 0) is 4.79 Å². The molecule has 8 nitrogen and oxygen atoms in total. The Bertz CT molecular complexity index is 1020. The van der Waals surface area contributed by atoms with Crippen LogP contribution < -0.4 is 16.4 Å². The van der Waals surface area contributed by atoms with Gasteiger partial charge in [-0.05, 0) is 43.7 Å². The zero-order valence-electron chi connectivity index (χ0n) is 17.6. The maximum atomic E-state index is 13.3. The van der Waals surface area contributed by atoms with E-state index in [2.05, 4.69) is 10.6 Å². The molecule has 0 saturated carbocycles. The summed E-state index contributed by atoms with van der Waals surface area (Å²) in [5.74, 6) is -0.797. The molecular formula is C22H25Cl2N5O3. The minimum absolute atomic E-state index is 0.226. The van der Waals surface area contributed by atoms with Crippen molar-refractivity contribution in [3.63, 3.8) is 0 Å². The summed E-state index contributed by atoms with van der Waals surface area (Å²) in [4.78, 5) is 42.2. The van der Waals surface area contributed by atoms with Crippen LogP contribution in [0.5, 0.6) is 0 Å². The molecule has 2 aromatic rings. The minimum atomic E-state index is -1.12. The second kappa shape index (κ2) is 10.7. The van der Waals surface area contributed by atoms with Crippen molar-refractivity contribution in [2.24, 2.45) is 5.73 Å². The van der Waals surface area contributed by atoms with Crippen molar-refractivity contribution in [2.45, 2.75) is 19.5 Å². The lowest BCUT2D eigenvalue weighted by atomic mass is 10.1. The number of hydrogen-bond donors (Lipinski definition) is 3. The Labute approximate surface area is 196 Å². The molecule has 10 heteroatoms. The van der Waals surface area contributed by atoms with Crippen molar-refractivity contribution >= 4 is 46.7 Å². The zero-order chi connectivity index (χ0) is 23.3. The van der Waals surface area contributed by atoms with E-state index in [0.29, 0.717) is 35.8 Å². The molecule has 4 amide bonds. The number of benzene rings is 2. The van der Waals surface area contributed by atoms with Crippen LogP contribution in [0.3, 0.4) is 0 Å². The normalized spacial score (nSPS) is 15.9. The van der Waals surface area contributed by atoms with E-state index in [1.807, 2.05) is 13.0 Å². The maximum Gasteiger partial charge on any atom is 0.323 e. The van der Waals surface area contributed by atoms with Gasteiger partial charge in [0.25, 0.3) is 11.8 Å². The smallest absolute Gasteiger partial charge is 0.323 e. The maximum absolute atomic E-state index is 13.3. The molecule has 1 heterocycles. The molecule has 1 unspecified atom stereocenters. The van der Waals surface area contributed by atoms with E-state index < -0.39 is 18.1 Å². The first-order chi connectivity index (χ1) is 15.3. The summed E-state index contributed by atoms with van der Waals surface area (Å²) in [5, 5.41) is 6.07. The summed E-state index contributed by atoms with van der Waals surface area (Å²) >= 11 is 12.0. The highest BCUT2D eigenvalue weighted by atomic mass is 35.5. The molecule has 2 aromatic carbocycles. The van der Waals surface area contributed by atoms with Crippen molar-refractivity contribution in [3.05, 3.63) is 63.6 Å². The first-order valence-electron chi connectivity index (χ1n) is 10.2. The van der Waals surface area contributed by atoms with Gasteiger partial charge in [-0.25, -0.2) is 4.79 Å². The topological polar surface area (TPSA) is 108 Å². The molecular weight excluding hydrogens is 453 g/mol. The zero-order valence-corrected chi connectivity index (χ0v) is 19.1. The Morgan fingerprint density at radius 3 is 2.50 bits per heavy atom. The van der Waals surface area contributed by atoms with Crippen molar-refractivity contribution < 1.29 is 14.4 Å². The predicted molar refractivity (Wildman–Crippen MR) is 125 cm³/mol. The van der Waals surface area contributed by atoms with Gasteiger partial charge < -0.3 is 21.3 Å². The number of nitrogens with two attached hydrogens (primary N) is 1. The van der Waals surface area contributed by atoms with E-state index in [9.17, 15) is 14.4 Å². The second-order valence-corrected chi connectivity index (χ2v) is 8.24. The Morgan fingerprint density at radius 2 is 1.81 bits per heavy atom. The van der Waals surface area contributed by atoms with Gasteiger partial charge in [-0.1, -0.05) is 40.9 Å². The third-order valence-corrected chi connectivity index (χ3v) is 5.76. The monoisotopic (exact) mass is 477 g/mol. The first-order valence-corrected chi connectivity index (χ1v) is 11.0. The number of hydrogen-bond acceptors (Lipinski definition) is 4. The number of nitrogens with zero attached hydrogens (tertiary/aromatic N) is 2. The van der Waals surface area contributed by atoms with Gasteiger partial charge in [0.15, 0.2) is 6.17 Å². The number of anilines is 1. The van der Waals surface area contributed by atoms with Crippen molar-refractivity contribution in [1.82, 2.24) is 15.1 Å². The van der Waals surface area contributed by atoms with Gasteiger partial charge in [0.05, 0.1) is 10.0 Å². The number of aryl methyl sites for hydroxylation is 1. The number of halogens is 2. The third-order valence-electron chi connectivity index (χ3n) is 5.02. The molecule has 32 heavy (non-hydrogen) atoms. The van der Waals surface area contributed by atoms with E-state index >= 15 is 0 Å². The van der Waals surface area contributed by atoms with E-state index in [0.717, 1.165) is 5.56 Å². The number of amides is 4. The predicted octanol–water partition coefficient (Wildman–Crippen LogP) is 3.08. The molecule has 0 spiro atoms. The fraction of sp³-hybridized carbons (Fsp3) is 0.318. The van der Waals surface area contributed by atoms with Gasteiger partial charge in [0.1, 0.15) is 0 Å². The Morgan fingerprint density at radius 1 is 1.06 bits per heavy atom. The molecule has 1 aliphatic rings. The van der Waals surface area contributed by atoms with Gasteiger partial charge in [0, 0.05) is 37.4 Å². The third kappa shape index (κ3) is 5.51. The quantitative estimate of drug-likeness (QED) is 0.614. The van der Waals surface area contributed by atoms with Crippen LogP contribution in [0.1, 0.15) is 22.3 Å². The molecule has 4 N–H and O–H groups in total. The van der Waals surface area contributed by atoms with Crippen molar-refractivity contribution in [1.29, 1.82) is 0 Å². The number of rotatable bonds is 5. The highest BCUT2D eigenvalue weighted by Gasteiger charge is 2.40. The summed E-state index contributed by atoms with van der Waals surface area (Å²) in [6, 6.07) is 11.3. The summed E-state index contributed by atoms with van der Waals surface area (Å²) in [6.07, 6.45) is -0.599. The largest absolute Gasteiger partial charge is 0.351 e. The summed E-state index contributed by atoms with van der Waals surface area (Å²) in [6.45, 7) is 2.98. The lowest BCUT2D eigenvalue weighted by molar-refractivity contribution is -0.132. The average Bonchev–Trinajstić information content (AvgIpc) is 2.78. The molecule has 0 aliphatic carbocycles. The number of urea groups is 1. The van der Waals surface area contributed by atoms with E-state index in [1.165, 1.54) is 15.9 Å². The van der Waals surface area contributed by atoms with Gasteiger partial charge in [-0.2, -0.15) is 0 Å². The molecule has 0 radical (unpaired) electrons. The molecule has 1 aliphatic heterocycles. The van der Waals surface area contributed by atoms with Crippen LogP contribution in [0, 0.1) is 6.92 Å². The fourth-order valence-electron chi connectivity index (χ4n) is 3.53. The molecule has 0 bridgehead atoms. The van der Waals surface area contributed by atoms with Crippen LogP contribution in [0.25, 0.3) is 0 Å². The van der Waals surface area contributed by atoms with E-state index in [1.54, 1.807) is 30.3 Å². The van der Waals surface area contributed by atoms with E-state index in [4.69, 9.17) is 28.9 Å². The Balaban J connectivity index is 1.88. The summed E-state index contributed by atoms with van der Waals surface area (Å²) < 4.78 is 0. The Kier molecular flexibility index (Phi) is 7.95. The molecule has 0 aromatic heterocycles. The van der Waals surface area contributed by atoms with Gasteiger partial charge in [0.2, 0.25) is 0 Å². The van der Waals surface area contributed by atoms with Gasteiger partial charge >= 0.3 is 6.03 Å². The minimum Gasteiger partial charge on any atom is -0.351 e. The van der Waals surface area contributed by atoms with Crippen LogP contribution in [0.2, 0.25) is 10.0 Å². The highest BCUT2D eigenvalue weighted by molar-refractivity contribution is 6.42. The Hall–Kier alpha value is -2.81. The molecule has 1 atom stereocenters. The van der Waals surface area contributed by atoms with Crippen molar-refractivity contribution in [2.75, 3.05) is 31.5 Å². The van der Waals surface area contributed by atoms with Gasteiger partial charge in [-0.15, -0.1) is 0 Å². The first kappa shape index (κ1) is 23.8. The van der Waals surface area contributed by atoms with Crippen LogP contribution in [0.15, 0.2) is 42.5 Å². The standard InChI is InChI=1S/C22H25Cl2N5O3/c1-14-4-2-5-15(12-14)21(31)28-10-3-11-29(20(28)19(30)26-9-8-25)22(32)27-16-6-7-17(23)18(24)13-16/h2,4-7,12-13,20H,3,8-11,25H2,1H3,(H,26,30)(H,27,32). The number of carbonyl (C=O) groups excluding carboxylic acids is 3. The van der Waals surface area contributed by atoms with Crippen molar-refractivity contribution in [3.8, 4) is 0 Å². The molecule has 1 saturated heterocycles. The molecule has 170 valence electrons. The number of nitrogens with one attached hydrogen (secondary N) is 2. The average molecular weight is 478 g/mol. The number of carbonyl (C=O) groups is 3. The lowest BCUT2D eigenvalue weighted by Gasteiger charge is -2.42. The fourth-order valence-corrected chi connectivity index (χ4v) is 3.83. The second-order valence-electron chi connectivity index (χ2n) is 7.43. The highest BCUT2D eigenvalue weighted by Crippen LogP contribution is 2.26. The summed E-state index contributed by atoms with van der Waals surface area (Å²) in [7, 11) is 0.